The molecule has 3 rings (SSSR count). The van der Waals surface area contributed by atoms with E-state index in [0.717, 1.165) is 16.1 Å². The Hall–Kier alpha value is -1.78. The van der Waals surface area contributed by atoms with E-state index in [1.165, 1.54) is 16.8 Å². The van der Waals surface area contributed by atoms with E-state index < -0.39 is 0 Å². The molecule has 0 bridgehead atoms. The summed E-state index contributed by atoms with van der Waals surface area (Å²) in [4.78, 5) is 4.67. The van der Waals surface area contributed by atoms with E-state index in [2.05, 4.69) is 30.2 Å². The summed E-state index contributed by atoms with van der Waals surface area (Å²) < 4.78 is 14.2. The van der Waals surface area contributed by atoms with Crippen LogP contribution in [0.15, 0.2) is 48.5 Å². The molecule has 2 atom stereocenters. The van der Waals surface area contributed by atoms with Crippen LogP contribution in [0.2, 0.25) is 0 Å². The first-order chi connectivity index (χ1) is 10.1. The maximum atomic E-state index is 13.0. The van der Waals surface area contributed by atoms with E-state index in [4.69, 9.17) is 0 Å². The molecule has 0 saturated heterocycles. The van der Waals surface area contributed by atoms with Crippen LogP contribution in [-0.2, 0) is 0 Å². The lowest BCUT2D eigenvalue weighted by Crippen LogP contribution is -2.22. The molecule has 0 amide bonds. The van der Waals surface area contributed by atoms with E-state index in [-0.39, 0.29) is 17.9 Å². The van der Waals surface area contributed by atoms with Crippen molar-refractivity contribution in [2.75, 3.05) is 0 Å². The second kappa shape index (κ2) is 5.92. The summed E-state index contributed by atoms with van der Waals surface area (Å²) in [6, 6.07) is 15.1. The maximum absolute atomic E-state index is 13.0. The van der Waals surface area contributed by atoms with Gasteiger partial charge in [-0.2, -0.15) is 0 Å². The van der Waals surface area contributed by atoms with Crippen molar-refractivity contribution in [3.63, 3.8) is 0 Å². The molecule has 0 saturated carbocycles. The molecule has 21 heavy (non-hydrogen) atoms. The minimum Gasteiger partial charge on any atom is -0.302 e. The van der Waals surface area contributed by atoms with E-state index in [9.17, 15) is 4.39 Å². The lowest BCUT2D eigenvalue weighted by atomic mass is 10.1. The number of hydrogen-bond acceptors (Lipinski definition) is 3. The monoisotopic (exact) mass is 300 g/mol. The molecule has 1 unspecified atom stereocenters. The van der Waals surface area contributed by atoms with Gasteiger partial charge in [0.2, 0.25) is 0 Å². The van der Waals surface area contributed by atoms with Gasteiger partial charge in [0.25, 0.3) is 0 Å². The fourth-order valence-corrected chi connectivity index (χ4v) is 3.35. The molecule has 0 aliphatic heterocycles. The van der Waals surface area contributed by atoms with Crippen molar-refractivity contribution in [3.8, 4) is 0 Å². The van der Waals surface area contributed by atoms with Crippen LogP contribution in [0.1, 0.15) is 36.5 Å². The van der Waals surface area contributed by atoms with Gasteiger partial charge in [0.05, 0.1) is 16.3 Å². The predicted octanol–water partition coefficient (Wildman–Crippen LogP) is 4.85. The number of thiazole rings is 1. The number of benzene rings is 2. The van der Waals surface area contributed by atoms with Gasteiger partial charge in [-0.1, -0.05) is 24.3 Å². The van der Waals surface area contributed by atoms with E-state index in [0.29, 0.717) is 0 Å². The number of nitrogens with zero attached hydrogens (tertiary/aromatic N) is 1. The molecule has 1 aromatic heterocycles. The number of halogens is 1. The third-order valence-electron chi connectivity index (χ3n) is 3.55. The van der Waals surface area contributed by atoms with E-state index >= 15 is 0 Å². The van der Waals surface area contributed by atoms with Crippen molar-refractivity contribution < 1.29 is 4.39 Å². The molecule has 1 heterocycles. The molecular formula is C17H17FN2S. The Bertz CT molecular complexity index is 703. The molecule has 4 heteroatoms. The van der Waals surface area contributed by atoms with Gasteiger partial charge in [0, 0.05) is 6.04 Å². The molecule has 0 aliphatic rings. The minimum absolute atomic E-state index is 0.146. The summed E-state index contributed by atoms with van der Waals surface area (Å²) in [7, 11) is 0. The van der Waals surface area contributed by atoms with Crippen molar-refractivity contribution in [1.82, 2.24) is 10.3 Å². The van der Waals surface area contributed by atoms with Gasteiger partial charge in [-0.05, 0) is 43.7 Å². The van der Waals surface area contributed by atoms with Crippen LogP contribution >= 0.6 is 11.3 Å². The smallest absolute Gasteiger partial charge is 0.123 e. The van der Waals surface area contributed by atoms with Crippen LogP contribution in [0.5, 0.6) is 0 Å². The Kier molecular flexibility index (Phi) is 3.99. The highest BCUT2D eigenvalue weighted by Gasteiger charge is 2.14. The fraction of sp³-hybridized carbons (Fsp3) is 0.235. The van der Waals surface area contributed by atoms with Gasteiger partial charge in [-0.25, -0.2) is 9.37 Å². The molecule has 0 aliphatic carbocycles. The molecule has 108 valence electrons. The van der Waals surface area contributed by atoms with Crippen LogP contribution in [0.4, 0.5) is 4.39 Å². The third-order valence-corrected chi connectivity index (χ3v) is 4.77. The molecular weight excluding hydrogens is 283 g/mol. The van der Waals surface area contributed by atoms with E-state index in [1.807, 2.05) is 30.3 Å². The van der Waals surface area contributed by atoms with Crippen molar-refractivity contribution in [1.29, 1.82) is 0 Å². The first-order valence-corrected chi connectivity index (χ1v) is 7.82. The van der Waals surface area contributed by atoms with Crippen LogP contribution in [0.3, 0.4) is 0 Å². The summed E-state index contributed by atoms with van der Waals surface area (Å²) in [5, 5.41) is 4.59. The van der Waals surface area contributed by atoms with Crippen LogP contribution in [-0.4, -0.2) is 4.98 Å². The van der Waals surface area contributed by atoms with Crippen LogP contribution in [0.25, 0.3) is 10.2 Å². The molecule has 0 fully saturated rings. The summed E-state index contributed by atoms with van der Waals surface area (Å²) in [6.45, 7) is 4.19. The van der Waals surface area contributed by atoms with Gasteiger partial charge in [-0.3, -0.25) is 0 Å². The fourth-order valence-electron chi connectivity index (χ4n) is 2.37. The number of hydrogen-bond donors (Lipinski definition) is 1. The highest BCUT2D eigenvalue weighted by Crippen LogP contribution is 2.27. The number of para-hydroxylation sites is 1. The summed E-state index contributed by atoms with van der Waals surface area (Å²) in [6.07, 6.45) is 0. The number of rotatable bonds is 4. The topological polar surface area (TPSA) is 24.9 Å². The first-order valence-electron chi connectivity index (χ1n) is 7.00. The molecule has 3 aromatic rings. The number of fused-ring (bicyclic) bond motifs is 1. The Morgan fingerprint density at radius 2 is 1.71 bits per heavy atom. The SMILES string of the molecule is CC(N[C@H](C)c1ccc(F)cc1)c1nc2ccccc2s1. The predicted molar refractivity (Wildman–Crippen MR) is 86.0 cm³/mol. The number of nitrogens with one attached hydrogen (secondary N) is 1. The molecule has 0 spiro atoms. The quantitative estimate of drug-likeness (QED) is 0.745. The van der Waals surface area contributed by atoms with Gasteiger partial charge in [0.1, 0.15) is 10.8 Å². The second-order valence-corrected chi connectivity index (χ2v) is 6.24. The zero-order chi connectivity index (χ0) is 14.8. The Balaban J connectivity index is 1.75. The zero-order valence-corrected chi connectivity index (χ0v) is 12.8. The van der Waals surface area contributed by atoms with Crippen molar-refractivity contribution >= 4 is 21.6 Å². The highest BCUT2D eigenvalue weighted by molar-refractivity contribution is 7.18. The van der Waals surface area contributed by atoms with E-state index in [1.54, 1.807) is 11.3 Å². The molecule has 1 N–H and O–H groups in total. The van der Waals surface area contributed by atoms with Gasteiger partial charge in [-0.15, -0.1) is 11.3 Å². The molecule has 0 radical (unpaired) electrons. The molecule has 2 nitrogen and oxygen atoms in total. The van der Waals surface area contributed by atoms with Crippen molar-refractivity contribution in [3.05, 3.63) is 64.9 Å². The van der Waals surface area contributed by atoms with Gasteiger partial charge >= 0.3 is 0 Å². The standard InChI is InChI=1S/C17H17FN2S/c1-11(13-7-9-14(18)10-8-13)19-12(2)17-20-15-5-3-4-6-16(15)21-17/h3-12,19H,1-2H3/t11-,12?/m1/s1. The zero-order valence-electron chi connectivity index (χ0n) is 12.0. The normalized spacial score (nSPS) is 14.2. The van der Waals surface area contributed by atoms with Crippen LogP contribution < -0.4 is 5.32 Å². The summed E-state index contributed by atoms with van der Waals surface area (Å²) in [5.41, 5.74) is 2.12. The lowest BCUT2D eigenvalue weighted by Gasteiger charge is -2.18. The maximum Gasteiger partial charge on any atom is 0.123 e. The second-order valence-electron chi connectivity index (χ2n) is 5.18. The lowest BCUT2D eigenvalue weighted by molar-refractivity contribution is 0.493. The van der Waals surface area contributed by atoms with Crippen molar-refractivity contribution in [2.24, 2.45) is 0 Å². The number of aromatic nitrogens is 1. The largest absolute Gasteiger partial charge is 0.302 e. The van der Waals surface area contributed by atoms with Gasteiger partial charge in [0.15, 0.2) is 0 Å². The first kappa shape index (κ1) is 14.2. The van der Waals surface area contributed by atoms with Gasteiger partial charge < -0.3 is 5.32 Å². The van der Waals surface area contributed by atoms with Crippen molar-refractivity contribution in [2.45, 2.75) is 25.9 Å². The molecule has 2 aromatic carbocycles. The Morgan fingerprint density at radius 3 is 2.43 bits per heavy atom. The minimum atomic E-state index is -0.204. The Labute approximate surface area is 127 Å². The highest BCUT2D eigenvalue weighted by atomic mass is 32.1. The Morgan fingerprint density at radius 1 is 1.00 bits per heavy atom. The summed E-state index contributed by atoms with van der Waals surface area (Å²) >= 11 is 1.71. The average Bonchev–Trinajstić information content (AvgIpc) is 2.92. The average molecular weight is 300 g/mol. The third kappa shape index (κ3) is 3.12. The van der Waals surface area contributed by atoms with Crippen LogP contribution in [0, 0.1) is 5.82 Å². The summed E-state index contributed by atoms with van der Waals surface area (Å²) in [5.74, 6) is -0.204.